The van der Waals surface area contributed by atoms with E-state index in [1.54, 1.807) is 0 Å². The molecule has 4 nitrogen and oxygen atoms in total. The fourth-order valence-corrected chi connectivity index (χ4v) is 3.00. The molecule has 15 heavy (non-hydrogen) atoms. The fraction of sp³-hybridized carbons (Fsp3) is 0.909. The van der Waals surface area contributed by atoms with Gasteiger partial charge in [0.1, 0.15) is 0 Å². The number of carbonyl (C=O) groups is 1. The smallest absolute Gasteiger partial charge is 0.223 e. The second-order valence-corrected chi connectivity index (χ2v) is 5.04. The Morgan fingerprint density at radius 2 is 1.73 bits per heavy atom. The van der Waals surface area contributed by atoms with E-state index >= 15 is 0 Å². The zero-order chi connectivity index (χ0) is 10.3. The molecule has 2 aliphatic heterocycles. The molecule has 84 valence electrons. The number of rotatable bonds is 2. The maximum Gasteiger partial charge on any atom is 0.223 e. The molecule has 4 heteroatoms. The first-order valence-electron chi connectivity index (χ1n) is 6.08. The molecule has 0 aromatic rings. The van der Waals surface area contributed by atoms with Gasteiger partial charge in [0.15, 0.2) is 0 Å². The van der Waals surface area contributed by atoms with Crippen molar-refractivity contribution in [2.24, 2.45) is 17.8 Å². The van der Waals surface area contributed by atoms with E-state index in [0.717, 1.165) is 50.9 Å². The summed E-state index contributed by atoms with van der Waals surface area (Å²) in [6.45, 7) is 4.19. The van der Waals surface area contributed by atoms with E-state index in [9.17, 15) is 4.79 Å². The summed E-state index contributed by atoms with van der Waals surface area (Å²) in [7, 11) is 0. The fourth-order valence-electron chi connectivity index (χ4n) is 3.00. The zero-order valence-corrected chi connectivity index (χ0v) is 8.96. The summed E-state index contributed by atoms with van der Waals surface area (Å²) in [5.74, 6) is 2.03. The lowest BCUT2D eigenvalue weighted by atomic mass is 9.97. The number of carbonyl (C=O) groups excluding carboxylic acids is 1. The lowest BCUT2D eigenvalue weighted by Gasteiger charge is -2.22. The van der Waals surface area contributed by atoms with Crippen LogP contribution in [0.4, 0.5) is 0 Å². The Morgan fingerprint density at radius 3 is 2.40 bits per heavy atom. The van der Waals surface area contributed by atoms with E-state index in [0.29, 0.717) is 11.9 Å². The average Bonchev–Trinajstić information content (AvgIpc) is 2.75. The highest BCUT2D eigenvalue weighted by Crippen LogP contribution is 2.41. The molecule has 3 aliphatic rings. The third kappa shape index (κ3) is 1.76. The maximum absolute atomic E-state index is 11.9. The molecule has 0 aromatic carbocycles. The van der Waals surface area contributed by atoms with E-state index < -0.39 is 0 Å². The minimum atomic E-state index is 0.264. The molecule has 0 spiro atoms. The molecule has 1 amide bonds. The van der Waals surface area contributed by atoms with E-state index in [2.05, 4.69) is 16.0 Å². The molecule has 3 N–H and O–H groups in total. The standard InChI is InChI=1S/C11H19N3O/c15-11(7-1-3-12-4-2-7)14-10-8-5-13-6-9(8)10/h7-10,12-13H,1-6H2,(H,14,15)/t8-,9+,10?. The number of piperidine rings is 2. The van der Waals surface area contributed by atoms with Crippen molar-refractivity contribution in [2.75, 3.05) is 26.2 Å². The second kappa shape index (κ2) is 3.76. The summed E-state index contributed by atoms with van der Waals surface area (Å²) in [6, 6.07) is 0.494. The van der Waals surface area contributed by atoms with Crippen LogP contribution in [0.2, 0.25) is 0 Å². The highest BCUT2D eigenvalue weighted by molar-refractivity contribution is 5.79. The van der Waals surface area contributed by atoms with Gasteiger partial charge in [0, 0.05) is 25.0 Å². The van der Waals surface area contributed by atoms with Crippen molar-refractivity contribution < 1.29 is 4.79 Å². The van der Waals surface area contributed by atoms with Crippen LogP contribution in [0.3, 0.4) is 0 Å². The summed E-state index contributed by atoms with van der Waals surface area (Å²) >= 11 is 0. The predicted octanol–water partition coefficient (Wildman–Crippen LogP) is -0.680. The van der Waals surface area contributed by atoms with Gasteiger partial charge in [0.25, 0.3) is 0 Å². The highest BCUT2D eigenvalue weighted by Gasteiger charge is 2.53. The molecule has 3 fully saturated rings. The van der Waals surface area contributed by atoms with Gasteiger partial charge in [-0.15, -0.1) is 0 Å². The van der Waals surface area contributed by atoms with Crippen molar-refractivity contribution in [1.82, 2.24) is 16.0 Å². The Kier molecular flexibility index (Phi) is 2.41. The Hall–Kier alpha value is -0.610. The molecule has 1 unspecified atom stereocenters. The van der Waals surface area contributed by atoms with Crippen molar-refractivity contribution in [1.29, 1.82) is 0 Å². The third-order valence-corrected chi connectivity index (χ3v) is 4.11. The Morgan fingerprint density at radius 1 is 1.07 bits per heavy atom. The monoisotopic (exact) mass is 209 g/mol. The summed E-state index contributed by atoms with van der Waals surface area (Å²) in [4.78, 5) is 11.9. The molecule has 2 saturated heterocycles. The third-order valence-electron chi connectivity index (χ3n) is 4.11. The normalized spacial score (nSPS) is 39.9. The average molecular weight is 209 g/mol. The van der Waals surface area contributed by atoms with Crippen molar-refractivity contribution >= 4 is 5.91 Å². The van der Waals surface area contributed by atoms with Gasteiger partial charge in [-0.25, -0.2) is 0 Å². The van der Waals surface area contributed by atoms with Crippen LogP contribution >= 0.6 is 0 Å². The Labute approximate surface area is 90.2 Å². The molecule has 1 aliphatic carbocycles. The minimum absolute atomic E-state index is 0.264. The van der Waals surface area contributed by atoms with Gasteiger partial charge in [-0.2, -0.15) is 0 Å². The van der Waals surface area contributed by atoms with Gasteiger partial charge in [0.2, 0.25) is 5.91 Å². The van der Waals surface area contributed by atoms with E-state index in [4.69, 9.17) is 0 Å². The largest absolute Gasteiger partial charge is 0.352 e. The maximum atomic E-state index is 11.9. The molecule has 0 radical (unpaired) electrons. The Bertz CT molecular complexity index is 253. The van der Waals surface area contributed by atoms with E-state index in [1.165, 1.54) is 0 Å². The van der Waals surface area contributed by atoms with E-state index in [1.807, 2.05) is 0 Å². The number of fused-ring (bicyclic) bond motifs is 1. The first kappa shape index (κ1) is 9.60. The molecule has 0 bridgehead atoms. The minimum Gasteiger partial charge on any atom is -0.352 e. The van der Waals surface area contributed by atoms with Crippen LogP contribution in [0.15, 0.2) is 0 Å². The lowest BCUT2D eigenvalue weighted by Crippen LogP contribution is -2.41. The number of amides is 1. The molecular weight excluding hydrogens is 190 g/mol. The Balaban J connectivity index is 1.49. The molecule has 0 aromatic heterocycles. The number of hydrogen-bond donors (Lipinski definition) is 3. The van der Waals surface area contributed by atoms with Crippen LogP contribution in [-0.2, 0) is 4.79 Å². The van der Waals surface area contributed by atoms with Gasteiger partial charge in [-0.3, -0.25) is 4.79 Å². The molecular formula is C11H19N3O. The van der Waals surface area contributed by atoms with Crippen LogP contribution in [0.5, 0.6) is 0 Å². The predicted molar refractivity (Wildman–Crippen MR) is 57.4 cm³/mol. The summed E-state index contributed by atoms with van der Waals surface area (Å²) in [6.07, 6.45) is 2.01. The molecule has 3 rings (SSSR count). The first-order chi connectivity index (χ1) is 7.36. The van der Waals surface area contributed by atoms with Crippen molar-refractivity contribution in [3.05, 3.63) is 0 Å². The molecule has 3 atom stereocenters. The van der Waals surface area contributed by atoms with Gasteiger partial charge < -0.3 is 16.0 Å². The van der Waals surface area contributed by atoms with Gasteiger partial charge in [-0.1, -0.05) is 0 Å². The van der Waals surface area contributed by atoms with E-state index in [-0.39, 0.29) is 5.92 Å². The van der Waals surface area contributed by atoms with Crippen molar-refractivity contribution in [3.63, 3.8) is 0 Å². The van der Waals surface area contributed by atoms with Crippen molar-refractivity contribution in [3.8, 4) is 0 Å². The quantitative estimate of drug-likeness (QED) is 0.565. The SMILES string of the molecule is O=C(NC1[C@H]2CNC[C@@H]12)C1CCNCC1. The van der Waals surface area contributed by atoms with Gasteiger partial charge >= 0.3 is 0 Å². The highest BCUT2D eigenvalue weighted by atomic mass is 16.2. The van der Waals surface area contributed by atoms with Crippen LogP contribution < -0.4 is 16.0 Å². The zero-order valence-electron chi connectivity index (χ0n) is 8.96. The van der Waals surface area contributed by atoms with Crippen LogP contribution in [0.25, 0.3) is 0 Å². The molecule has 2 heterocycles. The van der Waals surface area contributed by atoms with Gasteiger partial charge in [0.05, 0.1) is 0 Å². The summed E-state index contributed by atoms with van der Waals surface area (Å²) in [5.41, 5.74) is 0. The van der Waals surface area contributed by atoms with Crippen LogP contribution in [-0.4, -0.2) is 38.1 Å². The van der Waals surface area contributed by atoms with Crippen LogP contribution in [0, 0.1) is 17.8 Å². The first-order valence-corrected chi connectivity index (χ1v) is 6.08. The van der Waals surface area contributed by atoms with Gasteiger partial charge in [-0.05, 0) is 37.8 Å². The summed E-state index contributed by atoms with van der Waals surface area (Å²) < 4.78 is 0. The number of hydrogen-bond acceptors (Lipinski definition) is 3. The lowest BCUT2D eigenvalue weighted by molar-refractivity contribution is -0.126. The topological polar surface area (TPSA) is 53.2 Å². The molecule has 1 saturated carbocycles. The summed E-state index contributed by atoms with van der Waals surface area (Å²) in [5, 5.41) is 9.85. The second-order valence-electron chi connectivity index (χ2n) is 5.04. The number of nitrogens with one attached hydrogen (secondary N) is 3. The van der Waals surface area contributed by atoms with Crippen molar-refractivity contribution in [2.45, 2.75) is 18.9 Å². The van der Waals surface area contributed by atoms with Crippen LogP contribution in [0.1, 0.15) is 12.8 Å².